The van der Waals surface area contributed by atoms with Gasteiger partial charge in [-0.2, -0.15) is 0 Å². The topological polar surface area (TPSA) is 335 Å². The normalized spacial score (nSPS) is 57.1. The lowest BCUT2D eigenvalue weighted by Gasteiger charge is -2.72. The second-order valence-corrected chi connectivity index (χ2v) is 23.1. The molecule has 0 spiro atoms. The Morgan fingerprint density at radius 2 is 1.34 bits per heavy atom. The Labute approximate surface area is 396 Å². The van der Waals surface area contributed by atoms with E-state index in [1.54, 1.807) is 6.92 Å². The van der Waals surface area contributed by atoms with Crippen LogP contribution in [0.5, 0.6) is 0 Å². The lowest BCUT2D eigenvalue weighted by Crippen LogP contribution is -2.71. The van der Waals surface area contributed by atoms with Gasteiger partial charge in [-0.25, -0.2) is 0 Å². The number of fused-ring (bicyclic) bond motifs is 7. The molecule has 8 aliphatic rings. The van der Waals surface area contributed by atoms with Crippen LogP contribution < -0.4 is 0 Å². The van der Waals surface area contributed by atoms with Gasteiger partial charge in [-0.3, -0.25) is 4.79 Å². The molecule has 13 N–H and O–H groups in total. The summed E-state index contributed by atoms with van der Waals surface area (Å²) < 4.78 is 34.6. The molecule has 0 bridgehead atoms. The summed E-state index contributed by atoms with van der Waals surface area (Å²) in [5.74, 6) is -1.31. The number of allylic oxidation sites excluding steroid dienone is 2. The molecule has 8 rings (SSSR count). The third-order valence-electron chi connectivity index (χ3n) is 19.6. The Morgan fingerprint density at radius 3 is 2.00 bits per heavy atom. The van der Waals surface area contributed by atoms with Gasteiger partial charge in [0.1, 0.15) is 67.1 Å². The Kier molecular flexibility index (Phi) is 14.6. The fraction of sp³-hybridized carbons (Fsp3) is 0.938. The molecule has 68 heavy (non-hydrogen) atoms. The third-order valence-corrected chi connectivity index (χ3v) is 19.6. The Morgan fingerprint density at radius 1 is 0.706 bits per heavy atom. The van der Waals surface area contributed by atoms with Gasteiger partial charge in [0.15, 0.2) is 12.6 Å². The van der Waals surface area contributed by atoms with Gasteiger partial charge in [-0.05, 0) is 91.8 Å². The highest BCUT2D eigenvalue weighted by atomic mass is 16.8. The number of aliphatic hydroxyl groups excluding tert-OH is 13. The molecule has 3 heterocycles. The summed E-state index contributed by atoms with van der Waals surface area (Å²) in [4.78, 5) is 15.0. The number of hydrogen-bond acceptors (Lipinski definition) is 20. The van der Waals surface area contributed by atoms with Crippen molar-refractivity contribution in [3.05, 3.63) is 11.6 Å². The van der Waals surface area contributed by atoms with Gasteiger partial charge in [-0.1, -0.05) is 53.2 Å². The van der Waals surface area contributed by atoms with Crippen molar-refractivity contribution >= 4 is 5.97 Å². The molecule has 0 aromatic heterocycles. The maximum absolute atomic E-state index is 15.0. The van der Waals surface area contributed by atoms with Gasteiger partial charge < -0.3 is 94.8 Å². The smallest absolute Gasteiger partial charge is 0.315 e. The van der Waals surface area contributed by atoms with Crippen LogP contribution in [-0.4, -0.2) is 203 Å². The second-order valence-electron chi connectivity index (χ2n) is 23.1. The minimum atomic E-state index is -1.89. The average Bonchev–Trinajstić information content (AvgIpc) is 3.29. The van der Waals surface area contributed by atoms with E-state index in [4.69, 9.17) is 28.4 Å². The molecule has 20 nitrogen and oxygen atoms in total. The molecule has 4 saturated carbocycles. The molecule has 0 amide bonds. The van der Waals surface area contributed by atoms with E-state index in [2.05, 4.69) is 40.7 Å². The lowest BCUT2D eigenvalue weighted by molar-refractivity contribution is -0.361. The van der Waals surface area contributed by atoms with Crippen LogP contribution in [-0.2, 0) is 33.2 Å². The highest BCUT2D eigenvalue weighted by Gasteiger charge is 2.73. The molecule has 0 aromatic rings. The highest BCUT2D eigenvalue weighted by Crippen LogP contribution is 2.76. The van der Waals surface area contributed by atoms with E-state index in [1.807, 2.05) is 0 Å². The van der Waals surface area contributed by atoms with Gasteiger partial charge in [0.05, 0.1) is 49.7 Å². The predicted octanol–water partition coefficient (Wildman–Crippen LogP) is -2.06. The molecule has 3 aliphatic heterocycles. The summed E-state index contributed by atoms with van der Waals surface area (Å²) >= 11 is 0. The van der Waals surface area contributed by atoms with Crippen molar-refractivity contribution in [2.24, 2.45) is 56.7 Å². The van der Waals surface area contributed by atoms with E-state index in [0.717, 1.165) is 5.57 Å². The van der Waals surface area contributed by atoms with Crippen molar-refractivity contribution in [1.82, 2.24) is 0 Å². The summed E-state index contributed by atoms with van der Waals surface area (Å²) in [6.07, 6.45) is -22.3. The summed E-state index contributed by atoms with van der Waals surface area (Å²) in [7, 11) is 0. The number of ether oxygens (including phenoxy) is 6. The number of aliphatic hydroxyl groups is 13. The Bertz CT molecular complexity index is 1860. The summed E-state index contributed by atoms with van der Waals surface area (Å²) in [5.41, 5.74) is -2.84. The predicted molar refractivity (Wildman–Crippen MR) is 233 cm³/mol. The van der Waals surface area contributed by atoms with Crippen molar-refractivity contribution in [2.45, 2.75) is 204 Å². The molecule has 6 unspecified atom stereocenters. The second kappa shape index (κ2) is 18.8. The monoisotopic (exact) mass is 975 g/mol. The molecule has 5 aliphatic carbocycles. The molecule has 0 aromatic carbocycles. The third kappa shape index (κ3) is 7.89. The van der Waals surface area contributed by atoms with Crippen LogP contribution in [0.2, 0.25) is 0 Å². The SMILES string of the molecule is CC1O[C@@H](O[C@@H]2C(CO)O[C@@H](OCC3O[C@@H](OC(=O)[C@]45CC[C@@H](C)[C@H](C)[C@H]4C4=CC[C@@H]6[C@@]7(C)C[C@@H](O)[C@H](O)[C@@](C)(CO)[C@@H]7[C@H](O)C[C@@]6(C)[C@]4(C)CC5)C(O)[C@H](O)[C@@H]3O)C(O)[C@@H]2O)C(O)[C@@H](O)[C@H]1O. The van der Waals surface area contributed by atoms with Crippen LogP contribution in [0.25, 0.3) is 0 Å². The maximum atomic E-state index is 15.0. The first-order chi connectivity index (χ1) is 31.8. The van der Waals surface area contributed by atoms with Crippen molar-refractivity contribution in [3.63, 3.8) is 0 Å². The molecule has 20 heteroatoms. The fourth-order valence-corrected chi connectivity index (χ4v) is 15.4. The number of hydrogen-bond donors (Lipinski definition) is 13. The first kappa shape index (κ1) is 52.8. The highest BCUT2D eigenvalue weighted by molar-refractivity contribution is 5.79. The van der Waals surface area contributed by atoms with Crippen molar-refractivity contribution in [1.29, 1.82) is 0 Å². The van der Waals surface area contributed by atoms with Crippen LogP contribution in [0, 0.1) is 56.7 Å². The largest absolute Gasteiger partial charge is 0.432 e. The van der Waals surface area contributed by atoms with Gasteiger partial charge in [-0.15, -0.1) is 0 Å². The maximum Gasteiger partial charge on any atom is 0.315 e. The van der Waals surface area contributed by atoms with E-state index in [0.29, 0.717) is 38.5 Å². The van der Waals surface area contributed by atoms with Gasteiger partial charge >= 0.3 is 5.97 Å². The van der Waals surface area contributed by atoms with Gasteiger partial charge in [0.2, 0.25) is 6.29 Å². The summed E-state index contributed by atoms with van der Waals surface area (Å²) in [6, 6.07) is 0. The van der Waals surface area contributed by atoms with Gasteiger partial charge in [0, 0.05) is 11.3 Å². The van der Waals surface area contributed by atoms with E-state index < -0.39 is 169 Å². The van der Waals surface area contributed by atoms with E-state index in [-0.39, 0.29) is 30.1 Å². The summed E-state index contributed by atoms with van der Waals surface area (Å²) in [6.45, 7) is 12.1. The van der Waals surface area contributed by atoms with Gasteiger partial charge in [0.25, 0.3) is 0 Å². The zero-order valence-corrected chi connectivity index (χ0v) is 40.1. The fourth-order valence-electron chi connectivity index (χ4n) is 15.4. The Hall–Kier alpha value is -1.51. The van der Waals surface area contributed by atoms with Crippen molar-refractivity contribution < 1.29 is 99.6 Å². The number of carbonyl (C=O) groups excluding carboxylic acids is 1. The van der Waals surface area contributed by atoms with E-state index in [9.17, 15) is 66.4 Å². The minimum Gasteiger partial charge on any atom is -0.432 e. The average molecular weight is 975 g/mol. The van der Waals surface area contributed by atoms with Crippen LogP contribution in [0.4, 0.5) is 0 Å². The lowest BCUT2D eigenvalue weighted by atomic mass is 9.32. The Balaban J connectivity index is 0.994. The molecule has 3 saturated heterocycles. The zero-order valence-electron chi connectivity index (χ0n) is 40.1. The zero-order chi connectivity index (χ0) is 50.0. The first-order valence-electron chi connectivity index (χ1n) is 24.6. The van der Waals surface area contributed by atoms with Crippen molar-refractivity contribution in [3.8, 4) is 0 Å². The molecule has 390 valence electrons. The number of carbonyl (C=O) groups is 1. The van der Waals surface area contributed by atoms with E-state index in [1.165, 1.54) is 6.92 Å². The molecule has 0 radical (unpaired) electrons. The van der Waals surface area contributed by atoms with Crippen LogP contribution in [0.3, 0.4) is 0 Å². The van der Waals surface area contributed by atoms with E-state index >= 15 is 4.79 Å². The van der Waals surface area contributed by atoms with Crippen molar-refractivity contribution in [2.75, 3.05) is 19.8 Å². The number of rotatable bonds is 9. The molecular formula is C48H78O20. The van der Waals surface area contributed by atoms with Crippen LogP contribution >= 0.6 is 0 Å². The molecular weight excluding hydrogens is 897 g/mol. The standard InChI is InChI=1S/C48H78O20/c1-19-10-11-48(13-12-46(6)22(28(48)20(19)2)8-9-27-44(4)14-24(52)39(61)45(5,18-50)38(44)23(51)15-47(27,46)7)43(62)68-42-35(59)32(56)30(54)26(66-42)17-63-40-36(60)33(57)37(25(16-49)65-40)67-41-34(58)31(55)29(53)21(3)64-41/h8,19-21,23-42,49-61H,9-18H2,1-7H3/t19-,20+,21?,23-,24-,25?,26?,27-,28+,29+,30-,31+,32-,33+,34?,35?,36?,37-,38-,39+,40-,41+,42+,44-,45+,46-,47-,48+/m1/s1. The quantitative estimate of drug-likeness (QED) is 0.0873. The van der Waals surface area contributed by atoms with Crippen LogP contribution in [0.15, 0.2) is 11.6 Å². The minimum absolute atomic E-state index is 0.0115. The first-order valence-corrected chi connectivity index (χ1v) is 24.6. The number of esters is 1. The molecule has 7 fully saturated rings. The van der Waals surface area contributed by atoms with Crippen LogP contribution in [0.1, 0.15) is 93.4 Å². The summed E-state index contributed by atoms with van der Waals surface area (Å²) in [5, 5.41) is 142. The molecule has 28 atom stereocenters.